The quantitative estimate of drug-likeness (QED) is 0.582. The molecule has 2 heteroatoms. The van der Waals surface area contributed by atoms with E-state index in [1.165, 1.54) is 0 Å². The minimum Gasteiger partial charge on any atom is -0.393 e. The molecule has 0 heterocycles. The molecule has 0 aromatic rings. The average Bonchev–Trinajstić information content (AvgIpc) is 2.07. The number of hydrogen-bond acceptors (Lipinski definition) is 2. The third kappa shape index (κ3) is 2.46. The van der Waals surface area contributed by atoms with Crippen molar-refractivity contribution < 1.29 is 10.2 Å². The first-order chi connectivity index (χ1) is 5.61. The summed E-state index contributed by atoms with van der Waals surface area (Å²) in [5, 5.41) is 19.2. The zero-order valence-electron chi connectivity index (χ0n) is 8.03. The molecule has 1 fully saturated rings. The summed E-state index contributed by atoms with van der Waals surface area (Å²) in [6.07, 6.45) is 3.29. The first-order valence-electron chi connectivity index (χ1n) is 4.97. The molecule has 0 bridgehead atoms. The van der Waals surface area contributed by atoms with E-state index in [1.54, 1.807) is 0 Å². The molecule has 0 amide bonds. The van der Waals surface area contributed by atoms with Crippen LogP contribution in [0.1, 0.15) is 39.5 Å². The van der Waals surface area contributed by atoms with E-state index in [4.69, 9.17) is 0 Å². The highest BCUT2D eigenvalue weighted by Crippen LogP contribution is 2.25. The topological polar surface area (TPSA) is 40.5 Å². The van der Waals surface area contributed by atoms with E-state index >= 15 is 0 Å². The molecule has 0 aromatic heterocycles. The fraction of sp³-hybridized carbons (Fsp3) is 1.00. The van der Waals surface area contributed by atoms with Crippen LogP contribution in [0.15, 0.2) is 0 Å². The number of hydrogen-bond donors (Lipinski definition) is 2. The summed E-state index contributed by atoms with van der Waals surface area (Å²) in [6.45, 7) is 4.13. The fourth-order valence-corrected chi connectivity index (χ4v) is 1.82. The molecular weight excluding hydrogens is 152 g/mol. The van der Waals surface area contributed by atoms with Crippen LogP contribution in [0.4, 0.5) is 0 Å². The second-order valence-electron chi connectivity index (χ2n) is 4.24. The van der Waals surface area contributed by atoms with Gasteiger partial charge in [-0.05, 0) is 37.5 Å². The Kier molecular flexibility index (Phi) is 3.53. The Morgan fingerprint density at radius 1 is 0.750 bits per heavy atom. The summed E-state index contributed by atoms with van der Waals surface area (Å²) in [6, 6.07) is 0. The standard InChI is InChI=1S/C10H20O2/c1-7-3-5-10(12)8(2)4-6-9(7)11/h7-12H,3-6H2,1-2H3/t7-,8+,9-,10-/m0/s1. The monoisotopic (exact) mass is 172 g/mol. The number of aliphatic hydroxyl groups is 2. The SMILES string of the molecule is C[C@@H]1CC[C@H](O)[C@@H](C)CC[C@@H]1O. The lowest BCUT2D eigenvalue weighted by atomic mass is 9.84. The third-order valence-electron chi connectivity index (χ3n) is 3.15. The zero-order valence-corrected chi connectivity index (χ0v) is 8.03. The van der Waals surface area contributed by atoms with Gasteiger partial charge in [-0.15, -0.1) is 0 Å². The van der Waals surface area contributed by atoms with Gasteiger partial charge in [0.2, 0.25) is 0 Å². The predicted octanol–water partition coefficient (Wildman–Crippen LogP) is 1.55. The van der Waals surface area contributed by atoms with Crippen LogP contribution in [0.5, 0.6) is 0 Å². The maximum Gasteiger partial charge on any atom is 0.0565 e. The summed E-state index contributed by atoms with van der Waals surface area (Å²) >= 11 is 0. The van der Waals surface area contributed by atoms with Gasteiger partial charge in [0.1, 0.15) is 0 Å². The molecule has 0 spiro atoms. The van der Waals surface area contributed by atoms with Gasteiger partial charge in [0, 0.05) is 0 Å². The summed E-state index contributed by atoms with van der Waals surface area (Å²) in [5.41, 5.74) is 0. The highest BCUT2D eigenvalue weighted by atomic mass is 16.3. The molecule has 2 N–H and O–H groups in total. The highest BCUT2D eigenvalue weighted by molar-refractivity contribution is 4.75. The van der Waals surface area contributed by atoms with Crippen molar-refractivity contribution >= 4 is 0 Å². The van der Waals surface area contributed by atoms with Crippen molar-refractivity contribution in [2.75, 3.05) is 0 Å². The van der Waals surface area contributed by atoms with E-state index in [-0.39, 0.29) is 12.2 Å². The van der Waals surface area contributed by atoms with Crippen molar-refractivity contribution in [1.82, 2.24) is 0 Å². The van der Waals surface area contributed by atoms with Gasteiger partial charge in [-0.3, -0.25) is 0 Å². The van der Waals surface area contributed by atoms with Crippen molar-refractivity contribution in [2.45, 2.75) is 51.7 Å². The Labute approximate surface area is 74.6 Å². The molecule has 0 aliphatic heterocycles. The van der Waals surface area contributed by atoms with E-state index in [0.29, 0.717) is 11.8 Å². The van der Waals surface area contributed by atoms with E-state index < -0.39 is 0 Å². The van der Waals surface area contributed by atoms with Crippen molar-refractivity contribution in [2.24, 2.45) is 11.8 Å². The maximum atomic E-state index is 9.61. The molecular formula is C10H20O2. The fourth-order valence-electron chi connectivity index (χ4n) is 1.82. The van der Waals surface area contributed by atoms with Gasteiger partial charge < -0.3 is 10.2 Å². The predicted molar refractivity (Wildman–Crippen MR) is 48.8 cm³/mol. The molecule has 1 aliphatic carbocycles. The molecule has 12 heavy (non-hydrogen) atoms. The summed E-state index contributed by atoms with van der Waals surface area (Å²) in [7, 11) is 0. The van der Waals surface area contributed by atoms with Crippen molar-refractivity contribution in [1.29, 1.82) is 0 Å². The van der Waals surface area contributed by atoms with Gasteiger partial charge in [0.15, 0.2) is 0 Å². The summed E-state index contributed by atoms with van der Waals surface area (Å²) in [4.78, 5) is 0. The van der Waals surface area contributed by atoms with Gasteiger partial charge >= 0.3 is 0 Å². The Balaban J connectivity index is 2.45. The number of rotatable bonds is 0. The minimum atomic E-state index is -0.153. The lowest BCUT2D eigenvalue weighted by molar-refractivity contribution is 0.0348. The molecule has 72 valence electrons. The average molecular weight is 172 g/mol. The van der Waals surface area contributed by atoms with Crippen LogP contribution in [0.2, 0.25) is 0 Å². The molecule has 1 rings (SSSR count). The second kappa shape index (κ2) is 4.24. The molecule has 0 radical (unpaired) electrons. The van der Waals surface area contributed by atoms with Crippen molar-refractivity contribution in [3.05, 3.63) is 0 Å². The Morgan fingerprint density at radius 3 is 1.42 bits per heavy atom. The van der Waals surface area contributed by atoms with Gasteiger partial charge in [-0.1, -0.05) is 13.8 Å². The summed E-state index contributed by atoms with van der Waals surface area (Å²) in [5.74, 6) is 0.708. The zero-order chi connectivity index (χ0) is 9.14. The lowest BCUT2D eigenvalue weighted by Crippen LogP contribution is -2.27. The second-order valence-corrected chi connectivity index (χ2v) is 4.24. The molecule has 2 nitrogen and oxygen atoms in total. The molecule has 1 aliphatic rings. The van der Waals surface area contributed by atoms with Crippen LogP contribution in [-0.4, -0.2) is 22.4 Å². The van der Waals surface area contributed by atoms with Crippen molar-refractivity contribution in [3.63, 3.8) is 0 Å². The largest absolute Gasteiger partial charge is 0.393 e. The normalized spacial score (nSPS) is 45.0. The molecule has 0 saturated heterocycles. The smallest absolute Gasteiger partial charge is 0.0565 e. The number of aliphatic hydroxyl groups excluding tert-OH is 2. The van der Waals surface area contributed by atoms with Crippen LogP contribution >= 0.6 is 0 Å². The van der Waals surface area contributed by atoms with Crippen LogP contribution < -0.4 is 0 Å². The Hall–Kier alpha value is -0.0800. The first-order valence-corrected chi connectivity index (χ1v) is 4.97. The van der Waals surface area contributed by atoms with Crippen LogP contribution in [0.3, 0.4) is 0 Å². The van der Waals surface area contributed by atoms with Crippen LogP contribution in [0.25, 0.3) is 0 Å². The summed E-state index contributed by atoms with van der Waals surface area (Å²) < 4.78 is 0. The third-order valence-corrected chi connectivity index (χ3v) is 3.15. The van der Waals surface area contributed by atoms with E-state index in [9.17, 15) is 10.2 Å². The molecule has 4 atom stereocenters. The first kappa shape index (κ1) is 10.0. The van der Waals surface area contributed by atoms with Gasteiger partial charge in [-0.25, -0.2) is 0 Å². The van der Waals surface area contributed by atoms with E-state index in [1.807, 2.05) is 0 Å². The van der Waals surface area contributed by atoms with E-state index in [2.05, 4.69) is 13.8 Å². The Bertz CT molecular complexity index is 104. The lowest BCUT2D eigenvalue weighted by Gasteiger charge is -2.28. The van der Waals surface area contributed by atoms with Crippen molar-refractivity contribution in [3.8, 4) is 0 Å². The van der Waals surface area contributed by atoms with E-state index in [0.717, 1.165) is 25.7 Å². The van der Waals surface area contributed by atoms with Crippen LogP contribution in [-0.2, 0) is 0 Å². The van der Waals surface area contributed by atoms with Gasteiger partial charge in [0.25, 0.3) is 0 Å². The van der Waals surface area contributed by atoms with Crippen LogP contribution in [0, 0.1) is 11.8 Å². The molecule has 1 saturated carbocycles. The molecule has 0 unspecified atom stereocenters. The van der Waals surface area contributed by atoms with Gasteiger partial charge in [-0.2, -0.15) is 0 Å². The minimum absolute atomic E-state index is 0.153. The Morgan fingerprint density at radius 2 is 1.08 bits per heavy atom. The molecule has 0 aromatic carbocycles. The van der Waals surface area contributed by atoms with Gasteiger partial charge in [0.05, 0.1) is 12.2 Å². The maximum absolute atomic E-state index is 9.61. The highest BCUT2D eigenvalue weighted by Gasteiger charge is 2.23.